The monoisotopic (exact) mass is 648 g/mol. The maximum absolute atomic E-state index is 9.97. The summed E-state index contributed by atoms with van der Waals surface area (Å²) in [7, 11) is 0. The van der Waals surface area contributed by atoms with Crippen molar-refractivity contribution < 1.29 is 34.6 Å². The molecule has 0 saturated carbocycles. The largest absolute Gasteiger partial charge is 0.456 e. The molecule has 0 unspecified atom stereocenters. The Labute approximate surface area is 315 Å². The Balaban J connectivity index is 1.50. The van der Waals surface area contributed by atoms with Gasteiger partial charge < -0.3 is 4.42 Å². The van der Waals surface area contributed by atoms with Crippen LogP contribution in [-0.4, -0.2) is 0 Å². The van der Waals surface area contributed by atoms with Crippen LogP contribution in [0.25, 0.3) is 98.1 Å². The second kappa shape index (κ2) is 10.3. The van der Waals surface area contributed by atoms with E-state index in [0.717, 1.165) is 0 Å². The van der Waals surface area contributed by atoms with Crippen LogP contribution in [-0.2, 0) is 0 Å². The van der Waals surface area contributed by atoms with E-state index in [0.29, 0.717) is 0 Å². The summed E-state index contributed by atoms with van der Waals surface area (Å²) in [4.78, 5) is 0. The topological polar surface area (TPSA) is 13.1 Å². The lowest BCUT2D eigenvalue weighted by Crippen LogP contribution is -1.94. The number of aryl methyl sites for hydroxylation is 2. The third-order valence-corrected chi connectivity index (χ3v) is 8.82. The Hall–Kier alpha value is -5.92. The highest BCUT2D eigenvalue weighted by Crippen LogP contribution is 2.47. The van der Waals surface area contributed by atoms with Crippen LogP contribution in [0.1, 0.15) is 52.4 Å². The molecule has 0 saturated heterocycles. The third-order valence-electron chi connectivity index (χ3n) is 8.82. The maximum Gasteiger partial charge on any atom is 0.136 e. The molecule has 10 rings (SSSR count). The van der Waals surface area contributed by atoms with Crippen LogP contribution in [0.4, 0.5) is 0 Å². The van der Waals surface area contributed by atoms with Gasteiger partial charge in [0.25, 0.3) is 0 Å². The van der Waals surface area contributed by atoms with Crippen molar-refractivity contribution in [3.05, 3.63) is 155 Å². The third kappa shape index (κ3) is 4.19. The van der Waals surface area contributed by atoms with Crippen molar-refractivity contribution >= 4 is 75.8 Å². The smallest absolute Gasteiger partial charge is 0.136 e. The van der Waals surface area contributed by atoms with Crippen LogP contribution in [0, 0.1) is 27.7 Å². The first-order valence-electron chi connectivity index (χ1n) is 26.4. The standard InChI is InChI=1S/C48H34O/c1-27-13-16-37-42(19-27)47(34-15-18-44-40(24-34)41-23-31-9-5-6-10-32(31)26-45(41)49-44)43-20-28(2)14-17-38(43)48(37)35-22-30(4)46-36-12-8-7-11-33(36)21-29(3)39(46)25-35/h5-26H,1-4H3/i5D,6D,7D,8D,9D,10D,11D,12D,13D,14D,15D,16D,17D,18D,19D,20D,21D,22D,23D,24D,25D,26D. The number of benzene rings is 9. The summed E-state index contributed by atoms with van der Waals surface area (Å²) in [5.74, 6) is 0. The van der Waals surface area contributed by atoms with Crippen LogP contribution in [0.5, 0.6) is 0 Å². The molecule has 0 N–H and O–H groups in total. The van der Waals surface area contributed by atoms with Crippen molar-refractivity contribution in [1.29, 1.82) is 0 Å². The van der Waals surface area contributed by atoms with Crippen LogP contribution >= 0.6 is 0 Å². The fourth-order valence-corrected chi connectivity index (χ4v) is 6.70. The van der Waals surface area contributed by atoms with Gasteiger partial charge in [-0.1, -0.05) is 114 Å². The summed E-state index contributed by atoms with van der Waals surface area (Å²) in [6.07, 6.45) is 0. The van der Waals surface area contributed by atoms with Gasteiger partial charge in [-0.05, 0) is 145 Å². The van der Waals surface area contributed by atoms with Crippen LogP contribution in [0.15, 0.2) is 137 Å². The van der Waals surface area contributed by atoms with E-state index in [9.17, 15) is 15.1 Å². The zero-order valence-electron chi connectivity index (χ0n) is 48.4. The molecule has 0 radical (unpaired) electrons. The lowest BCUT2D eigenvalue weighted by molar-refractivity contribution is 0.669. The second-order valence-electron chi connectivity index (χ2n) is 12.0. The Kier molecular flexibility index (Phi) is 2.92. The van der Waals surface area contributed by atoms with Crippen LogP contribution < -0.4 is 0 Å². The van der Waals surface area contributed by atoms with Gasteiger partial charge in [-0.15, -0.1) is 0 Å². The van der Waals surface area contributed by atoms with E-state index < -0.39 is 144 Å². The fraction of sp³-hybridized carbons (Fsp3) is 0.0833. The van der Waals surface area contributed by atoms with Crippen molar-refractivity contribution in [2.45, 2.75) is 27.7 Å². The highest BCUT2D eigenvalue weighted by molar-refractivity contribution is 6.23. The van der Waals surface area contributed by atoms with Gasteiger partial charge in [0.2, 0.25) is 0 Å². The lowest BCUT2D eigenvalue weighted by Gasteiger charge is -2.20. The molecule has 10 aromatic rings. The maximum atomic E-state index is 9.97. The Morgan fingerprint density at radius 2 is 1.00 bits per heavy atom. The molecule has 0 spiro atoms. The minimum atomic E-state index is -0.764. The molecule has 232 valence electrons. The van der Waals surface area contributed by atoms with E-state index in [1.54, 1.807) is 0 Å². The quantitative estimate of drug-likeness (QED) is 0.134. The number of hydrogen-bond acceptors (Lipinski definition) is 1. The molecule has 0 bridgehead atoms. The van der Waals surface area contributed by atoms with E-state index >= 15 is 0 Å². The zero-order chi connectivity index (χ0) is 52.1. The summed E-state index contributed by atoms with van der Waals surface area (Å²) in [5.41, 5.74) is -2.55. The molecule has 9 aromatic carbocycles. The SMILES string of the molecule is [2H]c1c(-c2c3c([2H])c(C)c([2H])c([2H])c3c(-c3c([2H])c(C)c4c(c3[2H])c(C)c([2H])c3c([2H])c([2H])c([2H])c([2H])c34)c3c([2H])c([2H])c(C)c([2H])c23)c([2H])c2c(oc3c([2H])c4c([2H])c([2H])c([2H])c([2H])c4c([2H])c32)c1[2H]. The van der Waals surface area contributed by atoms with E-state index in [1.165, 1.54) is 27.7 Å². The van der Waals surface area contributed by atoms with Crippen molar-refractivity contribution in [2.75, 3.05) is 0 Å². The average Bonchev–Trinajstić information content (AvgIpc) is 3.76. The Bertz CT molecular complexity index is 4210. The molecular weight excluding hydrogens is 593 g/mol. The molecule has 1 heterocycles. The summed E-state index contributed by atoms with van der Waals surface area (Å²) in [6, 6.07) is -12.9. The number of fused-ring (bicyclic) bond motifs is 9. The number of hydrogen-bond donors (Lipinski definition) is 0. The molecular formula is C48H34O. The minimum absolute atomic E-state index is 0.0385. The van der Waals surface area contributed by atoms with Gasteiger partial charge in [-0.3, -0.25) is 0 Å². The molecule has 1 aromatic heterocycles. The van der Waals surface area contributed by atoms with Gasteiger partial charge in [-0.25, -0.2) is 0 Å². The molecule has 1 heteroatoms. The lowest BCUT2D eigenvalue weighted by atomic mass is 9.83. The summed E-state index contributed by atoms with van der Waals surface area (Å²) in [6.45, 7) is 5.65. The highest BCUT2D eigenvalue weighted by Gasteiger charge is 2.20. The Morgan fingerprint density at radius 3 is 1.73 bits per heavy atom. The van der Waals surface area contributed by atoms with Gasteiger partial charge in [0.05, 0.1) is 30.2 Å². The van der Waals surface area contributed by atoms with Crippen molar-refractivity contribution in [1.82, 2.24) is 0 Å². The molecule has 1 nitrogen and oxygen atoms in total. The van der Waals surface area contributed by atoms with Gasteiger partial charge in [0.15, 0.2) is 0 Å². The first kappa shape index (κ1) is 13.9. The van der Waals surface area contributed by atoms with Crippen LogP contribution in [0.3, 0.4) is 0 Å². The molecule has 0 aliphatic carbocycles. The summed E-state index contributed by atoms with van der Waals surface area (Å²) < 4.78 is 208. The predicted octanol–water partition coefficient (Wildman–Crippen LogP) is 13.9. The molecule has 49 heavy (non-hydrogen) atoms. The van der Waals surface area contributed by atoms with Crippen LogP contribution in [0.2, 0.25) is 0 Å². The first-order valence-corrected chi connectivity index (χ1v) is 15.4. The van der Waals surface area contributed by atoms with Gasteiger partial charge in [0.1, 0.15) is 11.2 Å². The van der Waals surface area contributed by atoms with E-state index in [4.69, 9.17) is 19.5 Å². The van der Waals surface area contributed by atoms with E-state index in [2.05, 4.69) is 0 Å². The first-order chi connectivity index (χ1) is 33.2. The van der Waals surface area contributed by atoms with Crippen molar-refractivity contribution in [3.63, 3.8) is 0 Å². The average molecular weight is 649 g/mol. The molecule has 0 aliphatic heterocycles. The number of rotatable bonds is 2. The number of furan rings is 1. The fourth-order valence-electron chi connectivity index (χ4n) is 6.70. The van der Waals surface area contributed by atoms with Crippen molar-refractivity contribution in [2.24, 2.45) is 0 Å². The van der Waals surface area contributed by atoms with Gasteiger partial charge in [0, 0.05) is 10.8 Å². The molecule has 0 fully saturated rings. The van der Waals surface area contributed by atoms with E-state index in [-0.39, 0.29) is 110 Å². The molecule has 0 aliphatic rings. The normalized spacial score (nSPS) is 18.4. The molecule has 0 atom stereocenters. The van der Waals surface area contributed by atoms with E-state index in [1.807, 2.05) is 0 Å². The zero-order valence-corrected chi connectivity index (χ0v) is 26.4. The minimum Gasteiger partial charge on any atom is -0.456 e. The predicted molar refractivity (Wildman–Crippen MR) is 211 cm³/mol. The van der Waals surface area contributed by atoms with Gasteiger partial charge in [-0.2, -0.15) is 0 Å². The highest BCUT2D eigenvalue weighted by atomic mass is 16.3. The van der Waals surface area contributed by atoms with Crippen molar-refractivity contribution in [3.8, 4) is 22.3 Å². The molecule has 0 amide bonds. The Morgan fingerprint density at radius 1 is 0.388 bits per heavy atom. The van der Waals surface area contributed by atoms with Gasteiger partial charge >= 0.3 is 0 Å². The summed E-state index contributed by atoms with van der Waals surface area (Å²) >= 11 is 0. The summed E-state index contributed by atoms with van der Waals surface area (Å²) in [5, 5.41) is -3.11. The second-order valence-corrected chi connectivity index (χ2v) is 12.0.